The molecular formula is C12H13N5. The maximum Gasteiger partial charge on any atom is 0.152 e. The molecule has 86 valence electrons. The molecule has 0 saturated carbocycles. The first-order chi connectivity index (χ1) is 8.20. The van der Waals surface area contributed by atoms with Gasteiger partial charge in [0.2, 0.25) is 0 Å². The predicted octanol–water partition coefficient (Wildman–Crippen LogP) is 1.61. The summed E-state index contributed by atoms with van der Waals surface area (Å²) < 4.78 is 1.93. The zero-order valence-corrected chi connectivity index (χ0v) is 9.81. The first-order valence-corrected chi connectivity index (χ1v) is 5.29. The highest BCUT2D eigenvalue weighted by molar-refractivity contribution is 5.49. The molecule has 2 aromatic rings. The van der Waals surface area contributed by atoms with Crippen molar-refractivity contribution >= 4 is 5.69 Å². The number of nitriles is 1. The highest BCUT2D eigenvalue weighted by atomic mass is 15.3. The zero-order valence-electron chi connectivity index (χ0n) is 9.81. The van der Waals surface area contributed by atoms with Crippen LogP contribution < -0.4 is 5.32 Å². The molecule has 0 aliphatic rings. The van der Waals surface area contributed by atoms with E-state index in [0.29, 0.717) is 12.1 Å². The topological polar surface area (TPSA) is 66.5 Å². The largest absolute Gasteiger partial charge is 0.378 e. The molecule has 0 amide bonds. The molecule has 0 saturated heterocycles. The Morgan fingerprint density at radius 3 is 2.88 bits per heavy atom. The van der Waals surface area contributed by atoms with Crippen molar-refractivity contribution in [3.8, 4) is 6.07 Å². The molecule has 0 radical (unpaired) electrons. The van der Waals surface area contributed by atoms with E-state index in [0.717, 1.165) is 17.3 Å². The molecular weight excluding hydrogens is 214 g/mol. The lowest BCUT2D eigenvalue weighted by molar-refractivity contribution is 0.789. The minimum absolute atomic E-state index is 0.590. The van der Waals surface area contributed by atoms with Crippen LogP contribution in [-0.2, 0) is 13.6 Å². The van der Waals surface area contributed by atoms with Crippen molar-refractivity contribution in [2.75, 3.05) is 5.32 Å². The van der Waals surface area contributed by atoms with E-state index in [9.17, 15) is 0 Å². The lowest BCUT2D eigenvalue weighted by atomic mass is 10.2. The van der Waals surface area contributed by atoms with Gasteiger partial charge in [0.25, 0.3) is 0 Å². The average Bonchev–Trinajstić information content (AvgIpc) is 2.68. The summed E-state index contributed by atoms with van der Waals surface area (Å²) in [5.41, 5.74) is 1.55. The van der Waals surface area contributed by atoms with Gasteiger partial charge < -0.3 is 9.88 Å². The molecule has 1 N–H and O–H groups in total. The smallest absolute Gasteiger partial charge is 0.152 e. The van der Waals surface area contributed by atoms with Gasteiger partial charge in [-0.1, -0.05) is 6.07 Å². The van der Waals surface area contributed by atoms with Gasteiger partial charge >= 0.3 is 0 Å². The van der Waals surface area contributed by atoms with Gasteiger partial charge in [-0.2, -0.15) is 5.26 Å². The number of rotatable bonds is 3. The summed E-state index contributed by atoms with van der Waals surface area (Å²) in [5.74, 6) is 1.75. The Balaban J connectivity index is 2.07. The molecule has 0 unspecified atom stereocenters. The Hall–Kier alpha value is -2.35. The minimum Gasteiger partial charge on any atom is -0.378 e. The number of aromatic nitrogens is 3. The molecule has 1 aromatic carbocycles. The monoisotopic (exact) mass is 227 g/mol. The molecule has 1 heterocycles. The number of benzene rings is 1. The van der Waals surface area contributed by atoms with Crippen LogP contribution in [0, 0.1) is 18.3 Å². The summed E-state index contributed by atoms with van der Waals surface area (Å²) in [6.07, 6.45) is 0. The van der Waals surface area contributed by atoms with Crippen LogP contribution in [0.15, 0.2) is 24.3 Å². The Morgan fingerprint density at radius 1 is 1.41 bits per heavy atom. The molecule has 5 heteroatoms. The molecule has 0 aliphatic heterocycles. The van der Waals surface area contributed by atoms with Crippen molar-refractivity contribution in [2.24, 2.45) is 7.05 Å². The summed E-state index contributed by atoms with van der Waals surface area (Å²) in [7, 11) is 1.93. The first kappa shape index (κ1) is 11.1. The molecule has 0 aliphatic carbocycles. The van der Waals surface area contributed by atoms with Crippen molar-refractivity contribution < 1.29 is 0 Å². The van der Waals surface area contributed by atoms with Gasteiger partial charge in [-0.25, -0.2) is 0 Å². The second-order valence-electron chi connectivity index (χ2n) is 3.77. The lowest BCUT2D eigenvalue weighted by Gasteiger charge is -2.06. The van der Waals surface area contributed by atoms with Gasteiger partial charge in [0.15, 0.2) is 5.82 Å². The van der Waals surface area contributed by atoms with Crippen molar-refractivity contribution in [1.29, 1.82) is 5.26 Å². The number of hydrogen-bond donors (Lipinski definition) is 1. The van der Waals surface area contributed by atoms with E-state index >= 15 is 0 Å². The van der Waals surface area contributed by atoms with Gasteiger partial charge in [-0.05, 0) is 25.1 Å². The fraction of sp³-hybridized carbons (Fsp3) is 0.250. The van der Waals surface area contributed by atoms with Crippen molar-refractivity contribution in [3.05, 3.63) is 41.5 Å². The highest BCUT2D eigenvalue weighted by Crippen LogP contribution is 2.11. The average molecular weight is 227 g/mol. The lowest BCUT2D eigenvalue weighted by Crippen LogP contribution is -2.06. The van der Waals surface area contributed by atoms with Gasteiger partial charge in [0, 0.05) is 12.7 Å². The third kappa shape index (κ3) is 2.42. The highest BCUT2D eigenvalue weighted by Gasteiger charge is 2.04. The summed E-state index contributed by atoms with van der Waals surface area (Å²) in [6, 6.07) is 9.46. The normalized spacial score (nSPS) is 9.94. The van der Waals surface area contributed by atoms with Crippen LogP contribution in [0.2, 0.25) is 0 Å². The van der Waals surface area contributed by atoms with Crippen molar-refractivity contribution in [3.63, 3.8) is 0 Å². The molecule has 0 fully saturated rings. The molecule has 5 nitrogen and oxygen atoms in total. The van der Waals surface area contributed by atoms with Gasteiger partial charge in [0.05, 0.1) is 18.2 Å². The third-order valence-electron chi connectivity index (χ3n) is 2.63. The Labute approximate surface area is 99.7 Å². The minimum atomic E-state index is 0.590. The maximum atomic E-state index is 8.79. The number of nitrogens with one attached hydrogen (secondary N) is 1. The van der Waals surface area contributed by atoms with Crippen LogP contribution in [-0.4, -0.2) is 14.8 Å². The molecule has 0 spiro atoms. The van der Waals surface area contributed by atoms with Gasteiger partial charge in [-0.15, -0.1) is 10.2 Å². The summed E-state index contributed by atoms with van der Waals surface area (Å²) in [5, 5.41) is 20.0. The van der Waals surface area contributed by atoms with E-state index in [1.807, 2.05) is 36.7 Å². The van der Waals surface area contributed by atoms with Gasteiger partial charge in [0.1, 0.15) is 5.82 Å². The molecule has 2 rings (SSSR count). The number of aryl methyl sites for hydroxylation is 1. The van der Waals surface area contributed by atoms with Crippen LogP contribution in [0.1, 0.15) is 17.2 Å². The van der Waals surface area contributed by atoms with E-state index in [1.54, 1.807) is 6.07 Å². The molecule has 0 atom stereocenters. The number of hydrogen-bond acceptors (Lipinski definition) is 4. The second-order valence-corrected chi connectivity index (χ2v) is 3.77. The predicted molar refractivity (Wildman–Crippen MR) is 64.2 cm³/mol. The van der Waals surface area contributed by atoms with E-state index in [4.69, 9.17) is 5.26 Å². The fourth-order valence-corrected chi connectivity index (χ4v) is 1.48. The molecule has 1 aromatic heterocycles. The van der Waals surface area contributed by atoms with Crippen LogP contribution in [0.3, 0.4) is 0 Å². The van der Waals surface area contributed by atoms with Crippen LogP contribution >= 0.6 is 0 Å². The Morgan fingerprint density at radius 2 is 2.24 bits per heavy atom. The van der Waals surface area contributed by atoms with Crippen LogP contribution in [0.5, 0.6) is 0 Å². The summed E-state index contributed by atoms with van der Waals surface area (Å²) in [4.78, 5) is 0. The van der Waals surface area contributed by atoms with Crippen molar-refractivity contribution in [2.45, 2.75) is 13.5 Å². The van der Waals surface area contributed by atoms with Crippen molar-refractivity contribution in [1.82, 2.24) is 14.8 Å². The molecule has 0 bridgehead atoms. The van der Waals surface area contributed by atoms with Crippen LogP contribution in [0.4, 0.5) is 5.69 Å². The second kappa shape index (κ2) is 4.66. The third-order valence-corrected chi connectivity index (χ3v) is 2.63. The van der Waals surface area contributed by atoms with E-state index < -0.39 is 0 Å². The zero-order chi connectivity index (χ0) is 12.3. The van der Waals surface area contributed by atoms with E-state index in [1.165, 1.54) is 0 Å². The quantitative estimate of drug-likeness (QED) is 0.865. The Kier molecular flexibility index (Phi) is 3.06. The first-order valence-electron chi connectivity index (χ1n) is 5.29. The summed E-state index contributed by atoms with van der Waals surface area (Å²) >= 11 is 0. The van der Waals surface area contributed by atoms with Crippen LogP contribution in [0.25, 0.3) is 0 Å². The standard InChI is InChI=1S/C12H13N5/c1-9-15-16-12(17(9)2)8-14-11-5-3-4-10(6-11)7-13/h3-6,14H,8H2,1-2H3. The number of nitrogens with zero attached hydrogens (tertiary/aromatic N) is 4. The van der Waals surface area contributed by atoms with Gasteiger partial charge in [-0.3, -0.25) is 0 Å². The fourth-order valence-electron chi connectivity index (χ4n) is 1.48. The molecule has 17 heavy (non-hydrogen) atoms. The SMILES string of the molecule is Cc1nnc(CNc2cccc(C#N)c2)n1C. The van der Waals surface area contributed by atoms with E-state index in [-0.39, 0.29) is 0 Å². The maximum absolute atomic E-state index is 8.79. The van der Waals surface area contributed by atoms with E-state index in [2.05, 4.69) is 21.6 Å². The Bertz CT molecular complexity index is 565. The number of anilines is 1. The summed E-state index contributed by atoms with van der Waals surface area (Å²) in [6.45, 7) is 2.50.